The molecule has 1 amide bonds. The quantitative estimate of drug-likeness (QED) is 0.665. The number of amides is 1. The summed E-state index contributed by atoms with van der Waals surface area (Å²) in [5, 5.41) is 11.7. The van der Waals surface area contributed by atoms with Crippen molar-refractivity contribution < 1.29 is 29.0 Å². The molecule has 0 heterocycles. The Balaban J connectivity index is 2.85. The van der Waals surface area contributed by atoms with Crippen molar-refractivity contribution in [2.75, 3.05) is 7.11 Å². The largest absolute Gasteiger partial charge is 0.496 e. The van der Waals surface area contributed by atoms with Gasteiger partial charge >= 0.3 is 12.1 Å². The van der Waals surface area contributed by atoms with Crippen LogP contribution in [0.1, 0.15) is 44.0 Å². The number of carbonyl (C=O) groups is 3. The molecule has 0 aliphatic carbocycles. The van der Waals surface area contributed by atoms with E-state index in [9.17, 15) is 19.5 Å². The topological polar surface area (TPSA) is 102 Å². The molecule has 9 heteroatoms. The number of hydrogen-bond acceptors (Lipinski definition) is 5. The number of alkyl carbamates (subject to hydrolysis) is 1. The molecule has 1 aromatic carbocycles. The highest BCUT2D eigenvalue weighted by Crippen LogP contribution is 2.34. The Bertz CT molecular complexity index is 699. The summed E-state index contributed by atoms with van der Waals surface area (Å²) >= 11 is 12.0. The first-order valence-corrected chi connectivity index (χ1v) is 8.49. The third kappa shape index (κ3) is 6.38. The zero-order valence-electron chi connectivity index (χ0n) is 14.9. The van der Waals surface area contributed by atoms with Gasteiger partial charge in [0.2, 0.25) is 0 Å². The Labute approximate surface area is 161 Å². The number of nitrogens with one attached hydrogen (secondary N) is 1. The van der Waals surface area contributed by atoms with Crippen LogP contribution in [0.2, 0.25) is 10.0 Å². The van der Waals surface area contributed by atoms with E-state index in [4.69, 9.17) is 32.7 Å². The minimum Gasteiger partial charge on any atom is -0.496 e. The molecular formula is C17H21Cl2NO6. The van der Waals surface area contributed by atoms with E-state index in [1.165, 1.54) is 19.2 Å². The number of ether oxygens (including phenoxy) is 2. The van der Waals surface area contributed by atoms with Crippen molar-refractivity contribution in [2.24, 2.45) is 0 Å². The number of Topliss-reactive ketones (excluding diaryl/α,β-unsaturated/α-hetero) is 1. The van der Waals surface area contributed by atoms with Crippen LogP contribution in [0.3, 0.4) is 0 Å². The van der Waals surface area contributed by atoms with Gasteiger partial charge in [-0.25, -0.2) is 9.59 Å². The first-order valence-electron chi connectivity index (χ1n) is 7.73. The summed E-state index contributed by atoms with van der Waals surface area (Å²) in [7, 11) is 1.38. The van der Waals surface area contributed by atoms with Crippen LogP contribution in [0.25, 0.3) is 0 Å². The normalized spacial score (nSPS) is 12.2. The van der Waals surface area contributed by atoms with Crippen molar-refractivity contribution >= 4 is 41.0 Å². The number of aliphatic carboxylic acids is 1. The average Bonchev–Trinajstić information content (AvgIpc) is 2.51. The molecule has 144 valence electrons. The lowest BCUT2D eigenvalue weighted by Crippen LogP contribution is -2.43. The van der Waals surface area contributed by atoms with Crippen LogP contribution in [0.15, 0.2) is 12.1 Å². The first kappa shape index (κ1) is 22.1. The summed E-state index contributed by atoms with van der Waals surface area (Å²) in [4.78, 5) is 35.6. The van der Waals surface area contributed by atoms with Crippen LogP contribution in [0.5, 0.6) is 5.75 Å². The Hall–Kier alpha value is -1.99. The van der Waals surface area contributed by atoms with Crippen LogP contribution in [0, 0.1) is 0 Å². The summed E-state index contributed by atoms with van der Waals surface area (Å²) in [5.74, 6) is -1.50. The smallest absolute Gasteiger partial charge is 0.408 e. The van der Waals surface area contributed by atoms with Crippen LogP contribution < -0.4 is 10.1 Å². The maximum Gasteiger partial charge on any atom is 0.408 e. The Kier molecular flexibility index (Phi) is 7.71. The zero-order chi connectivity index (χ0) is 20.1. The van der Waals surface area contributed by atoms with Gasteiger partial charge in [0.15, 0.2) is 5.78 Å². The molecule has 7 nitrogen and oxygen atoms in total. The van der Waals surface area contributed by atoms with Crippen molar-refractivity contribution in [3.05, 3.63) is 27.7 Å². The molecule has 0 radical (unpaired) electrons. The molecule has 0 aliphatic rings. The number of methoxy groups -OCH3 is 1. The predicted octanol–water partition coefficient (Wildman–Crippen LogP) is 3.94. The number of benzene rings is 1. The highest BCUT2D eigenvalue weighted by Gasteiger charge is 2.26. The maximum absolute atomic E-state index is 12.5. The summed E-state index contributed by atoms with van der Waals surface area (Å²) in [5.41, 5.74) is -0.701. The molecule has 0 aromatic heterocycles. The van der Waals surface area contributed by atoms with E-state index in [0.29, 0.717) is 0 Å². The number of rotatable bonds is 7. The molecule has 1 aromatic rings. The number of carboxylic acids is 1. The second kappa shape index (κ2) is 9.09. The second-order valence-electron chi connectivity index (χ2n) is 6.44. The predicted molar refractivity (Wildman–Crippen MR) is 97.4 cm³/mol. The van der Waals surface area contributed by atoms with E-state index in [-0.39, 0.29) is 34.2 Å². The molecule has 0 aliphatic heterocycles. The fraction of sp³-hybridized carbons (Fsp3) is 0.471. The van der Waals surface area contributed by atoms with Gasteiger partial charge in [-0.05, 0) is 39.3 Å². The van der Waals surface area contributed by atoms with E-state index in [1.54, 1.807) is 20.8 Å². The molecule has 1 unspecified atom stereocenters. The third-order valence-electron chi connectivity index (χ3n) is 3.20. The second-order valence-corrected chi connectivity index (χ2v) is 7.22. The first-order chi connectivity index (χ1) is 12.0. The summed E-state index contributed by atoms with van der Waals surface area (Å²) in [6.07, 6.45) is -1.22. The van der Waals surface area contributed by atoms with E-state index in [0.717, 1.165) is 0 Å². The van der Waals surface area contributed by atoms with Gasteiger partial charge in [-0.2, -0.15) is 0 Å². The Morgan fingerprint density at radius 2 is 1.85 bits per heavy atom. The Morgan fingerprint density at radius 1 is 1.23 bits per heavy atom. The van der Waals surface area contributed by atoms with E-state index >= 15 is 0 Å². The molecule has 0 spiro atoms. The molecule has 0 saturated carbocycles. The van der Waals surface area contributed by atoms with E-state index in [2.05, 4.69) is 5.32 Å². The summed E-state index contributed by atoms with van der Waals surface area (Å²) in [6.45, 7) is 4.96. The number of ketones is 1. The van der Waals surface area contributed by atoms with E-state index in [1.807, 2.05) is 0 Å². The molecule has 0 fully saturated rings. The lowest BCUT2D eigenvalue weighted by atomic mass is 10.0. The van der Waals surface area contributed by atoms with Gasteiger partial charge in [-0.1, -0.05) is 23.2 Å². The zero-order valence-corrected chi connectivity index (χ0v) is 16.4. The van der Waals surface area contributed by atoms with Gasteiger partial charge in [0, 0.05) is 6.42 Å². The SMILES string of the molecule is COc1ccc(Cl)c(Cl)c1C(=O)CCC(NC(=O)OC(C)(C)C)C(=O)O. The standard InChI is InChI=1S/C17H21Cl2NO6/c1-17(2,3)26-16(24)20-10(15(22)23)6-7-11(21)13-12(25-4)8-5-9(18)14(13)19/h5,8,10H,6-7H2,1-4H3,(H,20,24)(H,22,23). The summed E-state index contributed by atoms with van der Waals surface area (Å²) < 4.78 is 10.1. The number of halogens is 2. The van der Waals surface area contributed by atoms with E-state index < -0.39 is 29.5 Å². The molecule has 1 rings (SSSR count). The van der Waals surface area contributed by atoms with Crippen molar-refractivity contribution in [3.8, 4) is 5.75 Å². The number of hydrogen-bond donors (Lipinski definition) is 2. The van der Waals surface area contributed by atoms with Crippen LogP contribution >= 0.6 is 23.2 Å². The lowest BCUT2D eigenvalue weighted by Gasteiger charge is -2.22. The van der Waals surface area contributed by atoms with Gasteiger partial charge < -0.3 is 19.9 Å². The van der Waals surface area contributed by atoms with Crippen LogP contribution in [-0.2, 0) is 9.53 Å². The van der Waals surface area contributed by atoms with Crippen molar-refractivity contribution in [3.63, 3.8) is 0 Å². The van der Waals surface area contributed by atoms with Gasteiger partial charge in [0.25, 0.3) is 0 Å². The minimum atomic E-state index is -1.29. The maximum atomic E-state index is 12.5. The Morgan fingerprint density at radius 3 is 2.35 bits per heavy atom. The molecule has 1 atom stereocenters. The monoisotopic (exact) mass is 405 g/mol. The minimum absolute atomic E-state index is 0.0305. The fourth-order valence-electron chi connectivity index (χ4n) is 2.07. The molecule has 0 bridgehead atoms. The van der Waals surface area contributed by atoms with Crippen molar-refractivity contribution in [1.29, 1.82) is 0 Å². The average molecular weight is 406 g/mol. The van der Waals surface area contributed by atoms with Crippen molar-refractivity contribution in [2.45, 2.75) is 45.3 Å². The molecule has 2 N–H and O–H groups in total. The van der Waals surface area contributed by atoms with Crippen LogP contribution in [0.4, 0.5) is 4.79 Å². The number of carboxylic acid groups (broad SMARTS) is 1. The lowest BCUT2D eigenvalue weighted by molar-refractivity contribution is -0.139. The molecule has 0 saturated heterocycles. The van der Waals surface area contributed by atoms with Crippen LogP contribution in [-0.4, -0.2) is 41.7 Å². The fourth-order valence-corrected chi connectivity index (χ4v) is 2.49. The van der Waals surface area contributed by atoms with Gasteiger partial charge in [0.1, 0.15) is 17.4 Å². The summed E-state index contributed by atoms with van der Waals surface area (Å²) in [6, 6.07) is 1.69. The number of carbonyl (C=O) groups excluding carboxylic acids is 2. The highest BCUT2D eigenvalue weighted by atomic mass is 35.5. The van der Waals surface area contributed by atoms with Gasteiger partial charge in [-0.15, -0.1) is 0 Å². The van der Waals surface area contributed by atoms with Crippen molar-refractivity contribution in [1.82, 2.24) is 5.32 Å². The molecule has 26 heavy (non-hydrogen) atoms. The third-order valence-corrected chi connectivity index (χ3v) is 4.01. The van der Waals surface area contributed by atoms with Gasteiger partial charge in [0.05, 0.1) is 22.7 Å². The molecular weight excluding hydrogens is 385 g/mol. The van der Waals surface area contributed by atoms with Gasteiger partial charge in [-0.3, -0.25) is 4.79 Å². The highest BCUT2D eigenvalue weighted by molar-refractivity contribution is 6.44.